The molecule has 11 aromatic carbocycles. The second-order valence-corrected chi connectivity index (χ2v) is 21.8. The standard InChI is InChI=1S/C71H39N7OS/c1-3-15-44-38-59-54(35-42(44)13-1)51-18-5-8-22-57(51)77(59)68-64(48-31-28-41-17-12-32-72-56(41)37-48)75-70-67(74-68)63-50(21-11-24-61(63)79-70)46-29-26-40-27-30-47(34-49(40)33-46)65-69(73-66-53-20-7-10-25-62(53)80-71(66)76-65)78-58-23-9-6-19-52(58)55-36-43-14-2-4-16-45(43)39-60(55)78/h1-39H. The summed E-state index contributed by atoms with van der Waals surface area (Å²) in [5, 5.41) is 14.6. The molecule has 0 spiro atoms. The molecule has 0 aliphatic heterocycles. The summed E-state index contributed by atoms with van der Waals surface area (Å²) in [7, 11) is 0. The quantitative estimate of drug-likeness (QED) is 0.171. The molecular weight excluding hydrogens is 999 g/mol. The Bertz CT molecular complexity index is 5710. The van der Waals surface area contributed by atoms with Crippen molar-refractivity contribution in [2.75, 3.05) is 0 Å². The molecule has 0 N–H and O–H groups in total. The number of fused-ring (bicyclic) bond motifs is 16. The van der Waals surface area contributed by atoms with Crippen LogP contribution in [0.4, 0.5) is 0 Å². The van der Waals surface area contributed by atoms with E-state index in [0.29, 0.717) is 28.3 Å². The van der Waals surface area contributed by atoms with Crippen LogP contribution in [0.5, 0.6) is 0 Å². The summed E-state index contributed by atoms with van der Waals surface area (Å²) in [6.07, 6.45) is 1.83. The molecule has 18 rings (SSSR count). The molecule has 0 aliphatic rings. The van der Waals surface area contributed by atoms with Gasteiger partial charge in [0.1, 0.15) is 32.8 Å². The van der Waals surface area contributed by atoms with Crippen LogP contribution in [-0.2, 0) is 0 Å². The van der Waals surface area contributed by atoms with E-state index in [1.807, 2.05) is 18.3 Å². The number of nitrogens with zero attached hydrogens (tertiary/aromatic N) is 7. The van der Waals surface area contributed by atoms with Crippen molar-refractivity contribution < 1.29 is 4.42 Å². The smallest absolute Gasteiger partial charge is 0.247 e. The summed E-state index contributed by atoms with van der Waals surface area (Å²) < 4.78 is 12.6. The van der Waals surface area contributed by atoms with E-state index >= 15 is 0 Å². The predicted molar refractivity (Wildman–Crippen MR) is 331 cm³/mol. The Morgan fingerprint density at radius 2 is 0.925 bits per heavy atom. The summed E-state index contributed by atoms with van der Waals surface area (Å²) in [6.45, 7) is 0. The lowest BCUT2D eigenvalue weighted by Crippen LogP contribution is -2.03. The summed E-state index contributed by atoms with van der Waals surface area (Å²) in [5.74, 6) is 1.50. The lowest BCUT2D eigenvalue weighted by molar-refractivity contribution is 0.653. The van der Waals surface area contributed by atoms with Crippen molar-refractivity contribution in [3.63, 3.8) is 0 Å². The second kappa shape index (κ2) is 16.5. The minimum absolute atomic E-state index is 0.461. The zero-order valence-corrected chi connectivity index (χ0v) is 43.3. The molecule has 0 aliphatic carbocycles. The number of pyridine rings is 1. The van der Waals surface area contributed by atoms with E-state index in [2.05, 4.69) is 228 Å². The van der Waals surface area contributed by atoms with Gasteiger partial charge in [-0.3, -0.25) is 14.1 Å². The average molecular weight is 1040 g/mol. The Morgan fingerprint density at radius 3 is 1.64 bits per heavy atom. The van der Waals surface area contributed by atoms with Crippen molar-refractivity contribution in [1.82, 2.24) is 34.1 Å². The molecule has 0 amide bonds. The highest BCUT2D eigenvalue weighted by Crippen LogP contribution is 2.44. The highest BCUT2D eigenvalue weighted by Gasteiger charge is 2.26. The van der Waals surface area contributed by atoms with Crippen molar-refractivity contribution in [3.05, 3.63) is 237 Å². The first-order valence-corrected chi connectivity index (χ1v) is 27.6. The fourth-order valence-corrected chi connectivity index (χ4v) is 13.6. The Hall–Kier alpha value is -10.6. The minimum atomic E-state index is 0.461. The van der Waals surface area contributed by atoms with Gasteiger partial charge in [-0.05, 0) is 116 Å². The topological polar surface area (TPSA) is 87.5 Å². The minimum Gasteiger partial charge on any atom is -0.436 e. The van der Waals surface area contributed by atoms with Gasteiger partial charge in [-0.15, -0.1) is 11.3 Å². The molecule has 80 heavy (non-hydrogen) atoms. The van der Waals surface area contributed by atoms with Gasteiger partial charge in [-0.2, -0.15) is 0 Å². The van der Waals surface area contributed by atoms with Crippen LogP contribution in [0.25, 0.3) is 175 Å². The number of thiophene rings is 1. The Morgan fingerprint density at radius 1 is 0.362 bits per heavy atom. The monoisotopic (exact) mass is 1040 g/mol. The van der Waals surface area contributed by atoms with Crippen molar-refractivity contribution in [2.24, 2.45) is 0 Å². The molecule has 0 saturated heterocycles. The van der Waals surface area contributed by atoms with Crippen LogP contribution >= 0.6 is 11.3 Å². The normalized spacial score (nSPS) is 12.2. The summed E-state index contributed by atoms with van der Waals surface area (Å²) in [4.78, 5) is 28.1. The van der Waals surface area contributed by atoms with E-state index in [1.165, 1.54) is 26.9 Å². The van der Waals surface area contributed by atoms with Gasteiger partial charge in [-0.25, -0.2) is 19.9 Å². The third-order valence-corrected chi connectivity index (χ3v) is 17.4. The zero-order chi connectivity index (χ0) is 52.2. The van der Waals surface area contributed by atoms with Crippen LogP contribution in [0, 0.1) is 0 Å². The van der Waals surface area contributed by atoms with Crippen LogP contribution in [0.3, 0.4) is 0 Å². The van der Waals surface area contributed by atoms with Gasteiger partial charge in [0, 0.05) is 54.3 Å². The number of hydrogen-bond acceptors (Lipinski definition) is 7. The molecule has 0 unspecified atom stereocenters. The maximum absolute atomic E-state index is 6.81. The Balaban J connectivity index is 0.860. The third kappa shape index (κ3) is 6.34. The van der Waals surface area contributed by atoms with Crippen LogP contribution in [0.2, 0.25) is 0 Å². The summed E-state index contributed by atoms with van der Waals surface area (Å²) in [5.41, 5.74) is 13.3. The van der Waals surface area contributed by atoms with Crippen molar-refractivity contribution in [1.29, 1.82) is 0 Å². The third-order valence-electron chi connectivity index (χ3n) is 16.3. The van der Waals surface area contributed by atoms with Crippen molar-refractivity contribution >= 4 is 141 Å². The molecule has 18 aromatic rings. The molecule has 8 nitrogen and oxygen atoms in total. The van der Waals surface area contributed by atoms with E-state index < -0.39 is 0 Å². The number of para-hydroxylation sites is 2. The summed E-state index contributed by atoms with van der Waals surface area (Å²) in [6, 6.07) is 82.1. The first kappa shape index (κ1) is 43.5. The van der Waals surface area contributed by atoms with E-state index in [9.17, 15) is 0 Å². The fourth-order valence-electron chi connectivity index (χ4n) is 12.6. The average Bonchev–Trinajstić information content (AvgIpc) is 4.42. The number of benzene rings is 11. The van der Waals surface area contributed by atoms with Gasteiger partial charge < -0.3 is 4.42 Å². The molecular formula is C71H39N7OS. The number of rotatable bonds is 5. The molecule has 0 atom stereocenters. The van der Waals surface area contributed by atoms with Gasteiger partial charge >= 0.3 is 0 Å². The molecule has 9 heteroatoms. The Labute approximate surface area is 458 Å². The molecule has 7 heterocycles. The Kier molecular flexibility index (Phi) is 8.94. The molecule has 0 saturated carbocycles. The van der Waals surface area contributed by atoms with E-state index in [1.54, 1.807) is 11.3 Å². The van der Waals surface area contributed by atoms with Crippen molar-refractivity contribution in [3.8, 4) is 45.3 Å². The van der Waals surface area contributed by atoms with Gasteiger partial charge in [0.25, 0.3) is 0 Å². The maximum Gasteiger partial charge on any atom is 0.247 e. The van der Waals surface area contributed by atoms with Gasteiger partial charge in [-0.1, -0.05) is 158 Å². The predicted octanol–water partition coefficient (Wildman–Crippen LogP) is 18.7. The van der Waals surface area contributed by atoms with Crippen LogP contribution < -0.4 is 0 Å². The number of hydrogen-bond donors (Lipinski definition) is 0. The van der Waals surface area contributed by atoms with E-state index in [0.717, 1.165) is 119 Å². The highest BCUT2D eigenvalue weighted by molar-refractivity contribution is 7.25. The maximum atomic E-state index is 6.81. The van der Waals surface area contributed by atoms with Crippen LogP contribution in [-0.4, -0.2) is 34.1 Å². The SMILES string of the molecule is c1ccc2cc3c(cc2c1)c1ccccc1n3-c1nc2c(nc1-c1ccc3ccc(-c4cccc5oc6nc(-c7ccc8cccnc8c7)c(-n7c8ccccc8c8cc9ccccc9cc87)nc6c45)cc3c1)sc1ccccc12. The number of furan rings is 1. The molecule has 0 fully saturated rings. The van der Waals surface area contributed by atoms with Crippen LogP contribution in [0.1, 0.15) is 0 Å². The largest absolute Gasteiger partial charge is 0.436 e. The number of aromatic nitrogens is 7. The van der Waals surface area contributed by atoms with Crippen LogP contribution in [0.15, 0.2) is 241 Å². The van der Waals surface area contributed by atoms with Gasteiger partial charge in [0.05, 0.1) is 33.0 Å². The van der Waals surface area contributed by atoms with Gasteiger partial charge in [0.2, 0.25) is 5.71 Å². The first-order valence-electron chi connectivity index (χ1n) is 26.8. The molecule has 7 aromatic heterocycles. The summed E-state index contributed by atoms with van der Waals surface area (Å²) >= 11 is 1.69. The lowest BCUT2D eigenvalue weighted by Gasteiger charge is -2.14. The molecule has 370 valence electrons. The lowest BCUT2D eigenvalue weighted by atomic mass is 9.97. The fraction of sp³-hybridized carbons (Fsp3) is 0. The zero-order valence-electron chi connectivity index (χ0n) is 42.5. The van der Waals surface area contributed by atoms with E-state index in [-0.39, 0.29) is 0 Å². The first-order chi connectivity index (χ1) is 39.6. The second-order valence-electron chi connectivity index (χ2n) is 20.8. The van der Waals surface area contributed by atoms with Crippen molar-refractivity contribution in [2.45, 2.75) is 0 Å². The van der Waals surface area contributed by atoms with E-state index in [4.69, 9.17) is 29.3 Å². The molecule has 0 bridgehead atoms. The highest BCUT2D eigenvalue weighted by atomic mass is 32.1. The van der Waals surface area contributed by atoms with Gasteiger partial charge in [0.15, 0.2) is 11.6 Å². The molecule has 0 radical (unpaired) electrons.